The van der Waals surface area contributed by atoms with E-state index in [1.807, 2.05) is 0 Å². The van der Waals surface area contributed by atoms with E-state index in [0.717, 1.165) is 25.7 Å². The summed E-state index contributed by atoms with van der Waals surface area (Å²) < 4.78 is 24.5. The Labute approximate surface area is 78.2 Å². The molecular formula is C7H13ClO3S. The Morgan fingerprint density at radius 1 is 1.33 bits per heavy atom. The first-order valence-corrected chi connectivity index (χ1v) is 5.94. The molecule has 1 unspecified atom stereocenters. The molecule has 0 saturated carbocycles. The average molecular weight is 213 g/mol. The number of rotatable bonds is 5. The van der Waals surface area contributed by atoms with E-state index >= 15 is 0 Å². The smallest absolute Gasteiger partial charge is 0.224 e. The zero-order valence-corrected chi connectivity index (χ0v) is 8.62. The molecule has 0 spiro atoms. The van der Waals surface area contributed by atoms with Gasteiger partial charge in [-0.05, 0) is 6.42 Å². The molecule has 0 radical (unpaired) electrons. The molecule has 1 aliphatic heterocycles. The highest BCUT2D eigenvalue weighted by molar-refractivity contribution is 7.95. The second kappa shape index (κ2) is 3.52. The minimum absolute atomic E-state index is 0.414. The van der Waals surface area contributed by atoms with Crippen LogP contribution in [0.4, 0.5) is 0 Å². The van der Waals surface area contributed by atoms with Gasteiger partial charge in [-0.3, -0.25) is 0 Å². The topological polar surface area (TPSA) is 46.7 Å². The van der Waals surface area contributed by atoms with Crippen LogP contribution in [0.3, 0.4) is 0 Å². The molecule has 1 atom stereocenters. The van der Waals surface area contributed by atoms with Gasteiger partial charge < -0.3 is 0 Å². The maximum atomic E-state index is 10.7. The molecule has 1 rings (SSSR count). The van der Waals surface area contributed by atoms with Gasteiger partial charge in [-0.15, -0.1) is 0 Å². The lowest BCUT2D eigenvalue weighted by molar-refractivity contribution is 0.379. The van der Waals surface area contributed by atoms with Crippen LogP contribution in [0.2, 0.25) is 0 Å². The van der Waals surface area contributed by atoms with Crippen LogP contribution in [0.15, 0.2) is 0 Å². The Hall–Kier alpha value is 0.200. The highest BCUT2D eigenvalue weighted by atomic mass is 35.5. The third kappa shape index (κ3) is 2.12. The van der Waals surface area contributed by atoms with Crippen molar-refractivity contribution in [2.75, 3.05) is 0 Å². The number of hydrogen-bond acceptors (Lipinski definition) is 3. The normalized spacial score (nSPS) is 31.8. The number of halogens is 1. The van der Waals surface area contributed by atoms with Crippen molar-refractivity contribution in [3.05, 3.63) is 0 Å². The van der Waals surface area contributed by atoms with Crippen LogP contribution in [0.25, 0.3) is 0 Å². The van der Waals surface area contributed by atoms with Crippen molar-refractivity contribution in [1.29, 1.82) is 0 Å². The summed E-state index contributed by atoms with van der Waals surface area (Å²) in [6, 6.07) is 0. The molecule has 72 valence electrons. The van der Waals surface area contributed by atoms with Gasteiger partial charge in [0.25, 0.3) is 4.39 Å². The molecule has 1 heterocycles. The van der Waals surface area contributed by atoms with Gasteiger partial charge in [-0.2, -0.15) is 8.42 Å². The average Bonchev–Trinajstić information content (AvgIpc) is 2.45. The maximum absolute atomic E-state index is 10.7. The van der Waals surface area contributed by atoms with E-state index in [4.69, 9.17) is 11.6 Å². The Bertz CT molecular complexity index is 249. The van der Waals surface area contributed by atoms with Crippen molar-refractivity contribution in [1.82, 2.24) is 0 Å². The first-order valence-electron chi connectivity index (χ1n) is 4.16. The van der Waals surface area contributed by atoms with Crippen LogP contribution in [-0.2, 0) is 14.3 Å². The van der Waals surface area contributed by atoms with Crippen LogP contribution in [0.1, 0.15) is 39.0 Å². The minimum atomic E-state index is -3.38. The highest BCUT2D eigenvalue weighted by Gasteiger charge is 2.62. The van der Waals surface area contributed by atoms with Gasteiger partial charge in [0.1, 0.15) is 0 Å². The van der Waals surface area contributed by atoms with Gasteiger partial charge in [-0.1, -0.05) is 37.8 Å². The molecule has 3 nitrogen and oxygen atoms in total. The predicted octanol–water partition coefficient (Wildman–Crippen LogP) is 2.21. The van der Waals surface area contributed by atoms with Gasteiger partial charge in [-0.25, -0.2) is 4.18 Å². The summed E-state index contributed by atoms with van der Waals surface area (Å²) in [7, 11) is -3.38. The van der Waals surface area contributed by atoms with Crippen molar-refractivity contribution in [3.63, 3.8) is 0 Å². The SMILES string of the molecule is CCCCCCC1(Cl)OS1(=O)=O. The third-order valence-corrected chi connectivity index (χ3v) is 4.22. The number of alkyl halides is 1. The van der Waals surface area contributed by atoms with Crippen LogP contribution < -0.4 is 0 Å². The van der Waals surface area contributed by atoms with E-state index in [2.05, 4.69) is 11.1 Å². The largest absolute Gasteiger partial charge is 0.316 e. The van der Waals surface area contributed by atoms with Crippen molar-refractivity contribution in [3.8, 4) is 0 Å². The molecule has 1 saturated heterocycles. The van der Waals surface area contributed by atoms with Gasteiger partial charge in [0.15, 0.2) is 0 Å². The molecule has 12 heavy (non-hydrogen) atoms. The van der Waals surface area contributed by atoms with Gasteiger partial charge in [0.05, 0.1) is 0 Å². The van der Waals surface area contributed by atoms with E-state index in [9.17, 15) is 8.42 Å². The van der Waals surface area contributed by atoms with Gasteiger partial charge >= 0.3 is 10.1 Å². The fraction of sp³-hybridized carbons (Fsp3) is 1.00. The molecule has 0 aliphatic carbocycles. The molecule has 0 N–H and O–H groups in total. The molecule has 0 aromatic heterocycles. The lowest BCUT2D eigenvalue weighted by Crippen LogP contribution is -2.02. The number of unbranched alkanes of at least 4 members (excludes halogenated alkanes) is 3. The minimum Gasteiger partial charge on any atom is -0.224 e. The summed E-state index contributed by atoms with van der Waals surface area (Å²) in [5.74, 6) is 0. The van der Waals surface area contributed by atoms with Crippen molar-refractivity contribution in [2.24, 2.45) is 0 Å². The standard InChI is InChI=1S/C7H13ClO3S/c1-2-3-4-5-6-7(8)11-12(7,9)10/h2-6H2,1H3. The second-order valence-electron chi connectivity index (χ2n) is 3.01. The van der Waals surface area contributed by atoms with Crippen molar-refractivity contribution in [2.45, 2.75) is 43.4 Å². The Morgan fingerprint density at radius 3 is 2.33 bits per heavy atom. The zero-order chi connectivity index (χ0) is 9.24. The van der Waals surface area contributed by atoms with E-state index in [0.29, 0.717) is 6.42 Å². The summed E-state index contributed by atoms with van der Waals surface area (Å²) in [5, 5.41) is 0. The molecular weight excluding hydrogens is 200 g/mol. The first-order chi connectivity index (χ1) is 5.52. The summed E-state index contributed by atoms with van der Waals surface area (Å²) >= 11 is 5.60. The Balaban J connectivity index is 2.18. The predicted molar refractivity (Wildman–Crippen MR) is 47.3 cm³/mol. The van der Waals surface area contributed by atoms with E-state index in [-0.39, 0.29) is 0 Å². The van der Waals surface area contributed by atoms with Gasteiger partial charge in [0, 0.05) is 6.42 Å². The van der Waals surface area contributed by atoms with Crippen molar-refractivity contribution < 1.29 is 12.6 Å². The molecule has 1 aliphatic rings. The molecule has 0 amide bonds. The molecule has 0 aromatic rings. The van der Waals surface area contributed by atoms with E-state index < -0.39 is 14.5 Å². The summed E-state index contributed by atoms with van der Waals surface area (Å²) in [6.45, 7) is 2.10. The number of hydrogen-bond donors (Lipinski definition) is 0. The third-order valence-electron chi connectivity index (χ3n) is 1.91. The van der Waals surface area contributed by atoms with Crippen LogP contribution in [-0.4, -0.2) is 12.8 Å². The Kier molecular flexibility index (Phi) is 3.01. The van der Waals surface area contributed by atoms with Crippen molar-refractivity contribution >= 4 is 21.7 Å². The molecule has 0 bridgehead atoms. The fourth-order valence-corrected chi connectivity index (χ4v) is 2.40. The Morgan fingerprint density at radius 2 is 1.92 bits per heavy atom. The highest BCUT2D eigenvalue weighted by Crippen LogP contribution is 2.47. The second-order valence-corrected chi connectivity index (χ2v) is 5.58. The van der Waals surface area contributed by atoms with Crippen LogP contribution in [0, 0.1) is 0 Å². The lowest BCUT2D eigenvalue weighted by Gasteiger charge is -1.97. The summed E-state index contributed by atoms with van der Waals surface area (Å²) in [6.07, 6.45) is 4.49. The van der Waals surface area contributed by atoms with Crippen LogP contribution in [0.5, 0.6) is 0 Å². The monoisotopic (exact) mass is 212 g/mol. The molecule has 1 fully saturated rings. The maximum Gasteiger partial charge on any atom is 0.316 e. The lowest BCUT2D eigenvalue weighted by atomic mass is 10.2. The quantitative estimate of drug-likeness (QED) is 0.399. The molecule has 5 heteroatoms. The van der Waals surface area contributed by atoms with Gasteiger partial charge in [0.2, 0.25) is 0 Å². The summed E-state index contributed by atoms with van der Waals surface area (Å²) in [5.41, 5.74) is 0. The fourth-order valence-electron chi connectivity index (χ4n) is 1.08. The van der Waals surface area contributed by atoms with E-state index in [1.165, 1.54) is 0 Å². The van der Waals surface area contributed by atoms with Crippen LogP contribution >= 0.6 is 11.6 Å². The first kappa shape index (κ1) is 10.3. The summed E-state index contributed by atoms with van der Waals surface area (Å²) in [4.78, 5) is 0. The molecule has 0 aromatic carbocycles. The van der Waals surface area contributed by atoms with E-state index in [1.54, 1.807) is 0 Å². The zero-order valence-electron chi connectivity index (χ0n) is 7.05.